The van der Waals surface area contributed by atoms with Crippen LogP contribution in [0.5, 0.6) is 0 Å². The zero-order valence-corrected chi connectivity index (χ0v) is 12.7. The second-order valence-corrected chi connectivity index (χ2v) is 6.29. The molecule has 106 valence electrons. The van der Waals surface area contributed by atoms with Crippen LogP contribution in [0.4, 0.5) is 0 Å². The molecular formula is C17H23N3. The van der Waals surface area contributed by atoms with Crippen molar-refractivity contribution < 1.29 is 0 Å². The van der Waals surface area contributed by atoms with Crippen molar-refractivity contribution in [1.82, 2.24) is 9.97 Å². The van der Waals surface area contributed by atoms with Gasteiger partial charge in [0.05, 0.1) is 11.7 Å². The lowest BCUT2D eigenvalue weighted by atomic mass is 9.86. The molecule has 3 nitrogen and oxygen atoms in total. The van der Waals surface area contributed by atoms with E-state index in [4.69, 9.17) is 5.73 Å². The molecule has 1 heterocycles. The monoisotopic (exact) mass is 269 g/mol. The first-order valence-electron chi connectivity index (χ1n) is 7.01. The van der Waals surface area contributed by atoms with Gasteiger partial charge in [0, 0.05) is 6.20 Å². The van der Waals surface area contributed by atoms with Crippen molar-refractivity contribution in [3.05, 3.63) is 59.2 Å². The molecule has 1 aromatic heterocycles. The van der Waals surface area contributed by atoms with Crippen LogP contribution in [0.1, 0.15) is 49.5 Å². The second-order valence-electron chi connectivity index (χ2n) is 6.29. The molecular weight excluding hydrogens is 246 g/mol. The highest BCUT2D eigenvalue weighted by Gasteiger charge is 2.14. The molecule has 2 rings (SSSR count). The van der Waals surface area contributed by atoms with Gasteiger partial charge in [0.1, 0.15) is 5.82 Å². The van der Waals surface area contributed by atoms with Crippen LogP contribution >= 0.6 is 0 Å². The molecule has 3 heteroatoms. The van der Waals surface area contributed by atoms with E-state index in [2.05, 4.69) is 55.0 Å². The molecule has 0 saturated carbocycles. The molecule has 1 aromatic carbocycles. The molecule has 2 N–H and O–H groups in total. The molecule has 0 aliphatic heterocycles. The van der Waals surface area contributed by atoms with Gasteiger partial charge in [0.2, 0.25) is 0 Å². The Bertz CT molecular complexity index is 568. The van der Waals surface area contributed by atoms with Crippen molar-refractivity contribution >= 4 is 0 Å². The highest BCUT2D eigenvalue weighted by molar-refractivity contribution is 5.28. The summed E-state index contributed by atoms with van der Waals surface area (Å²) in [6.45, 7) is 8.54. The maximum absolute atomic E-state index is 6.23. The number of rotatable bonds is 3. The van der Waals surface area contributed by atoms with Crippen LogP contribution in [0.15, 0.2) is 36.5 Å². The Morgan fingerprint density at radius 1 is 1.10 bits per heavy atom. The molecule has 0 amide bonds. The van der Waals surface area contributed by atoms with Crippen molar-refractivity contribution in [3.63, 3.8) is 0 Å². The average Bonchev–Trinajstić information content (AvgIpc) is 2.38. The van der Waals surface area contributed by atoms with Crippen molar-refractivity contribution in [3.8, 4) is 0 Å². The first kappa shape index (κ1) is 14.7. The highest BCUT2D eigenvalue weighted by Crippen LogP contribution is 2.23. The fraction of sp³-hybridized carbons (Fsp3) is 0.412. The Kier molecular flexibility index (Phi) is 4.19. The summed E-state index contributed by atoms with van der Waals surface area (Å²) in [4.78, 5) is 8.49. The lowest BCUT2D eigenvalue weighted by molar-refractivity contribution is 0.589. The lowest BCUT2D eigenvalue weighted by Gasteiger charge is -2.19. The van der Waals surface area contributed by atoms with E-state index in [0.29, 0.717) is 0 Å². The molecule has 20 heavy (non-hydrogen) atoms. The van der Waals surface area contributed by atoms with Gasteiger partial charge in [-0.1, -0.05) is 45.0 Å². The van der Waals surface area contributed by atoms with Gasteiger partial charge in [-0.25, -0.2) is 9.97 Å². The van der Waals surface area contributed by atoms with Crippen LogP contribution in [0.3, 0.4) is 0 Å². The topological polar surface area (TPSA) is 51.8 Å². The maximum atomic E-state index is 6.23. The van der Waals surface area contributed by atoms with Gasteiger partial charge in [-0.2, -0.15) is 0 Å². The van der Waals surface area contributed by atoms with E-state index >= 15 is 0 Å². The van der Waals surface area contributed by atoms with E-state index in [1.54, 1.807) is 6.20 Å². The summed E-state index contributed by atoms with van der Waals surface area (Å²) in [5.41, 5.74) is 9.89. The van der Waals surface area contributed by atoms with E-state index in [1.807, 2.05) is 13.0 Å². The predicted molar refractivity (Wildman–Crippen MR) is 82.5 cm³/mol. The van der Waals surface area contributed by atoms with E-state index in [9.17, 15) is 0 Å². The van der Waals surface area contributed by atoms with Gasteiger partial charge >= 0.3 is 0 Å². The van der Waals surface area contributed by atoms with Crippen LogP contribution in [0, 0.1) is 6.92 Å². The SMILES string of the molecule is Cc1nccc(C(N)Cc2ccc(C(C)(C)C)cc2)n1. The summed E-state index contributed by atoms with van der Waals surface area (Å²) in [6.07, 6.45) is 2.56. The normalized spacial score (nSPS) is 13.2. The number of aryl methyl sites for hydroxylation is 1. The minimum Gasteiger partial charge on any atom is -0.322 e. The van der Waals surface area contributed by atoms with Crippen molar-refractivity contribution in [2.75, 3.05) is 0 Å². The standard InChI is InChI=1S/C17H23N3/c1-12-19-10-9-16(20-12)15(18)11-13-5-7-14(8-6-13)17(2,3)4/h5-10,15H,11,18H2,1-4H3. The third-order valence-corrected chi connectivity index (χ3v) is 3.45. The van der Waals surface area contributed by atoms with E-state index in [-0.39, 0.29) is 11.5 Å². The van der Waals surface area contributed by atoms with Crippen LogP contribution in [0.25, 0.3) is 0 Å². The molecule has 2 aromatic rings. The molecule has 0 fully saturated rings. The van der Waals surface area contributed by atoms with Gasteiger partial charge < -0.3 is 5.73 Å². The van der Waals surface area contributed by atoms with E-state index in [1.165, 1.54) is 11.1 Å². The number of hydrogen-bond donors (Lipinski definition) is 1. The summed E-state index contributed by atoms with van der Waals surface area (Å²) in [7, 11) is 0. The van der Waals surface area contributed by atoms with Gasteiger partial charge in [-0.15, -0.1) is 0 Å². The smallest absolute Gasteiger partial charge is 0.125 e. The molecule has 1 atom stereocenters. The predicted octanol–water partition coefficient (Wildman–Crippen LogP) is 3.33. The summed E-state index contributed by atoms with van der Waals surface area (Å²) >= 11 is 0. The van der Waals surface area contributed by atoms with Gasteiger partial charge in [0.25, 0.3) is 0 Å². The Labute approximate surface area is 121 Å². The highest BCUT2D eigenvalue weighted by atomic mass is 14.9. The Hall–Kier alpha value is -1.74. The lowest BCUT2D eigenvalue weighted by Crippen LogP contribution is -2.16. The van der Waals surface area contributed by atoms with Gasteiger partial charge in [-0.05, 0) is 36.0 Å². The summed E-state index contributed by atoms with van der Waals surface area (Å²) < 4.78 is 0. The molecule has 0 radical (unpaired) electrons. The second kappa shape index (κ2) is 5.71. The first-order valence-corrected chi connectivity index (χ1v) is 7.01. The number of nitrogens with two attached hydrogens (primary N) is 1. The minimum absolute atomic E-state index is 0.0859. The number of nitrogens with zero attached hydrogens (tertiary/aromatic N) is 2. The molecule has 1 unspecified atom stereocenters. The quantitative estimate of drug-likeness (QED) is 0.930. The molecule has 0 aliphatic rings. The molecule has 0 bridgehead atoms. The minimum atomic E-state index is -0.0859. The van der Waals surface area contributed by atoms with Crippen LogP contribution in [-0.4, -0.2) is 9.97 Å². The Morgan fingerprint density at radius 2 is 1.75 bits per heavy atom. The number of benzene rings is 1. The van der Waals surface area contributed by atoms with Gasteiger partial charge in [0.15, 0.2) is 0 Å². The molecule has 0 saturated heterocycles. The fourth-order valence-corrected chi connectivity index (χ4v) is 2.18. The Morgan fingerprint density at radius 3 is 2.30 bits per heavy atom. The van der Waals surface area contributed by atoms with Crippen molar-refractivity contribution in [1.29, 1.82) is 0 Å². The largest absolute Gasteiger partial charge is 0.322 e. The van der Waals surface area contributed by atoms with Gasteiger partial charge in [-0.3, -0.25) is 0 Å². The average molecular weight is 269 g/mol. The zero-order chi connectivity index (χ0) is 14.8. The Balaban J connectivity index is 2.10. The summed E-state index contributed by atoms with van der Waals surface area (Å²) in [5.74, 6) is 0.765. The third-order valence-electron chi connectivity index (χ3n) is 3.45. The van der Waals surface area contributed by atoms with Crippen LogP contribution in [0.2, 0.25) is 0 Å². The van der Waals surface area contributed by atoms with Crippen molar-refractivity contribution in [2.45, 2.75) is 45.6 Å². The number of aromatic nitrogens is 2. The summed E-state index contributed by atoms with van der Waals surface area (Å²) in [6, 6.07) is 10.5. The first-order chi connectivity index (χ1) is 9.36. The van der Waals surface area contributed by atoms with E-state index in [0.717, 1.165) is 17.9 Å². The van der Waals surface area contributed by atoms with Crippen molar-refractivity contribution in [2.24, 2.45) is 5.73 Å². The maximum Gasteiger partial charge on any atom is 0.125 e. The third kappa shape index (κ3) is 3.64. The molecule has 0 aliphatic carbocycles. The fourth-order valence-electron chi connectivity index (χ4n) is 2.18. The van der Waals surface area contributed by atoms with Crippen LogP contribution < -0.4 is 5.73 Å². The molecule has 0 spiro atoms. The van der Waals surface area contributed by atoms with E-state index < -0.39 is 0 Å². The van der Waals surface area contributed by atoms with Crippen LogP contribution in [-0.2, 0) is 11.8 Å². The zero-order valence-electron chi connectivity index (χ0n) is 12.7. The number of hydrogen-bond acceptors (Lipinski definition) is 3. The summed E-state index contributed by atoms with van der Waals surface area (Å²) in [5, 5.41) is 0.